The summed E-state index contributed by atoms with van der Waals surface area (Å²) in [6, 6.07) is 7.55. The van der Waals surface area contributed by atoms with E-state index < -0.39 is 10.0 Å². The Bertz CT molecular complexity index is 547. The van der Waals surface area contributed by atoms with Gasteiger partial charge in [-0.2, -0.15) is 0 Å². The Labute approximate surface area is 128 Å². The maximum Gasteiger partial charge on any atom is 0.240 e. The summed E-state index contributed by atoms with van der Waals surface area (Å²) in [7, 11) is -1.51. The van der Waals surface area contributed by atoms with E-state index in [9.17, 15) is 8.42 Å². The predicted molar refractivity (Wildman–Crippen MR) is 85.7 cm³/mol. The summed E-state index contributed by atoms with van der Waals surface area (Å²) in [6.07, 6.45) is 6.28. The van der Waals surface area contributed by atoms with Gasteiger partial charge in [0.15, 0.2) is 0 Å². The smallest absolute Gasteiger partial charge is 0.240 e. The topological polar surface area (TPSA) is 58.2 Å². The van der Waals surface area contributed by atoms with Gasteiger partial charge in [0, 0.05) is 12.1 Å². The predicted octanol–water partition coefficient (Wildman–Crippen LogP) is 2.97. The molecule has 0 radical (unpaired) electrons. The molecule has 2 rings (SSSR count). The van der Waals surface area contributed by atoms with Crippen LogP contribution in [0.15, 0.2) is 29.2 Å². The first-order valence-electron chi connectivity index (χ1n) is 7.86. The third-order valence-electron chi connectivity index (χ3n) is 4.25. The average Bonchev–Trinajstić information content (AvgIpc) is 2.49. The molecule has 5 heteroatoms. The largest absolute Gasteiger partial charge is 0.313 e. The highest BCUT2D eigenvalue weighted by atomic mass is 32.2. The monoisotopic (exact) mass is 310 g/mol. The van der Waals surface area contributed by atoms with Crippen molar-refractivity contribution in [2.24, 2.45) is 0 Å². The van der Waals surface area contributed by atoms with Crippen LogP contribution in [0.25, 0.3) is 0 Å². The summed E-state index contributed by atoms with van der Waals surface area (Å²) in [6.45, 7) is 2.09. The van der Waals surface area contributed by atoms with Crippen molar-refractivity contribution in [2.45, 2.75) is 62.4 Å². The molecule has 21 heavy (non-hydrogen) atoms. The van der Waals surface area contributed by atoms with Crippen molar-refractivity contribution in [3.05, 3.63) is 29.8 Å². The zero-order valence-electron chi connectivity index (χ0n) is 12.9. The Morgan fingerprint density at radius 2 is 1.95 bits per heavy atom. The summed E-state index contributed by atoms with van der Waals surface area (Å²) >= 11 is 0. The van der Waals surface area contributed by atoms with Gasteiger partial charge in [0.05, 0.1) is 4.90 Å². The maximum absolute atomic E-state index is 12.5. The molecule has 1 unspecified atom stereocenters. The summed E-state index contributed by atoms with van der Waals surface area (Å²) < 4.78 is 27.9. The Kier molecular flexibility index (Phi) is 5.79. The van der Waals surface area contributed by atoms with Gasteiger partial charge in [-0.3, -0.25) is 0 Å². The molecule has 1 fully saturated rings. The van der Waals surface area contributed by atoms with Gasteiger partial charge in [-0.1, -0.05) is 38.3 Å². The van der Waals surface area contributed by atoms with E-state index in [0.717, 1.165) is 37.7 Å². The van der Waals surface area contributed by atoms with Gasteiger partial charge in [0.25, 0.3) is 0 Å². The van der Waals surface area contributed by atoms with Gasteiger partial charge < -0.3 is 5.32 Å². The number of nitrogens with one attached hydrogen (secondary N) is 2. The molecule has 0 saturated heterocycles. The highest BCUT2D eigenvalue weighted by molar-refractivity contribution is 7.89. The van der Waals surface area contributed by atoms with Crippen LogP contribution in [0.5, 0.6) is 0 Å². The Morgan fingerprint density at radius 1 is 1.24 bits per heavy atom. The van der Waals surface area contributed by atoms with Crippen molar-refractivity contribution < 1.29 is 8.42 Å². The van der Waals surface area contributed by atoms with E-state index in [1.54, 1.807) is 12.1 Å². The quantitative estimate of drug-likeness (QED) is 0.849. The van der Waals surface area contributed by atoms with E-state index in [2.05, 4.69) is 17.0 Å². The van der Waals surface area contributed by atoms with Crippen molar-refractivity contribution in [3.8, 4) is 0 Å². The van der Waals surface area contributed by atoms with Crippen molar-refractivity contribution in [3.63, 3.8) is 0 Å². The van der Waals surface area contributed by atoms with Crippen LogP contribution in [-0.2, 0) is 10.0 Å². The molecule has 2 N–H and O–H groups in total. The Morgan fingerprint density at radius 3 is 2.57 bits per heavy atom. The third kappa shape index (κ3) is 4.28. The molecule has 0 heterocycles. The van der Waals surface area contributed by atoms with Crippen LogP contribution in [-0.4, -0.2) is 21.5 Å². The van der Waals surface area contributed by atoms with Crippen LogP contribution in [0.4, 0.5) is 0 Å². The number of benzene rings is 1. The fraction of sp³-hybridized carbons (Fsp3) is 0.625. The van der Waals surface area contributed by atoms with E-state index in [0.29, 0.717) is 4.90 Å². The maximum atomic E-state index is 12.5. The molecule has 1 saturated carbocycles. The van der Waals surface area contributed by atoms with E-state index in [4.69, 9.17) is 0 Å². The lowest BCUT2D eigenvalue weighted by Gasteiger charge is -2.23. The molecule has 1 aromatic carbocycles. The van der Waals surface area contributed by atoms with Crippen LogP contribution in [0.2, 0.25) is 0 Å². The molecular formula is C16H26N2O2S. The van der Waals surface area contributed by atoms with Crippen molar-refractivity contribution in [1.29, 1.82) is 0 Å². The van der Waals surface area contributed by atoms with Gasteiger partial charge in [-0.25, -0.2) is 13.1 Å². The van der Waals surface area contributed by atoms with Gasteiger partial charge in [-0.15, -0.1) is 0 Å². The molecule has 1 atom stereocenters. The van der Waals surface area contributed by atoms with Crippen LogP contribution < -0.4 is 10.0 Å². The van der Waals surface area contributed by atoms with Crippen molar-refractivity contribution in [1.82, 2.24) is 10.0 Å². The Hall–Kier alpha value is -0.910. The molecule has 0 aliphatic heterocycles. The summed E-state index contributed by atoms with van der Waals surface area (Å²) in [5.41, 5.74) is 1.02. The van der Waals surface area contributed by atoms with Gasteiger partial charge in [0.2, 0.25) is 10.0 Å². The number of sulfonamides is 1. The van der Waals surface area contributed by atoms with Crippen LogP contribution >= 0.6 is 0 Å². The lowest BCUT2D eigenvalue weighted by molar-refractivity contribution is 0.412. The average molecular weight is 310 g/mol. The third-order valence-corrected chi connectivity index (χ3v) is 5.77. The minimum atomic E-state index is -3.41. The molecule has 0 spiro atoms. The molecule has 1 aliphatic rings. The minimum Gasteiger partial charge on any atom is -0.313 e. The normalized spacial score (nSPS) is 18.6. The van der Waals surface area contributed by atoms with Gasteiger partial charge in [0.1, 0.15) is 0 Å². The molecule has 0 amide bonds. The zero-order chi connectivity index (χ0) is 15.3. The standard InChI is InChI=1S/C16H26N2O2S/c1-3-16(17-2)13-8-7-11-15(12-13)21(19,20)18-14-9-5-4-6-10-14/h7-8,11-12,14,16-18H,3-6,9-10H2,1-2H3. The SMILES string of the molecule is CCC(NC)c1cccc(S(=O)(=O)NC2CCCCC2)c1. The molecule has 0 bridgehead atoms. The summed E-state index contributed by atoms with van der Waals surface area (Å²) in [5.74, 6) is 0. The highest BCUT2D eigenvalue weighted by Gasteiger charge is 2.22. The molecule has 1 aliphatic carbocycles. The van der Waals surface area contributed by atoms with Gasteiger partial charge >= 0.3 is 0 Å². The molecule has 118 valence electrons. The van der Waals surface area contributed by atoms with Crippen LogP contribution in [0.3, 0.4) is 0 Å². The zero-order valence-corrected chi connectivity index (χ0v) is 13.7. The van der Waals surface area contributed by atoms with Crippen molar-refractivity contribution >= 4 is 10.0 Å². The molecule has 4 nitrogen and oxygen atoms in total. The lowest BCUT2D eigenvalue weighted by Crippen LogP contribution is -2.36. The van der Waals surface area contributed by atoms with E-state index >= 15 is 0 Å². The first-order valence-corrected chi connectivity index (χ1v) is 9.34. The summed E-state index contributed by atoms with van der Waals surface area (Å²) in [4.78, 5) is 0.374. The second-order valence-corrected chi connectivity index (χ2v) is 7.49. The molecule has 1 aromatic rings. The van der Waals surface area contributed by atoms with E-state index in [1.807, 2.05) is 19.2 Å². The number of hydrogen-bond acceptors (Lipinski definition) is 3. The van der Waals surface area contributed by atoms with E-state index in [1.165, 1.54) is 6.42 Å². The highest BCUT2D eigenvalue weighted by Crippen LogP contribution is 2.22. The van der Waals surface area contributed by atoms with Gasteiger partial charge in [-0.05, 0) is 44.0 Å². The second-order valence-electron chi connectivity index (χ2n) is 5.78. The van der Waals surface area contributed by atoms with Crippen LogP contribution in [0.1, 0.15) is 57.1 Å². The number of hydrogen-bond donors (Lipinski definition) is 2. The van der Waals surface area contributed by atoms with E-state index in [-0.39, 0.29) is 12.1 Å². The fourth-order valence-corrected chi connectivity index (χ4v) is 4.37. The first kappa shape index (κ1) is 16.5. The molecule has 0 aromatic heterocycles. The summed E-state index contributed by atoms with van der Waals surface area (Å²) in [5, 5.41) is 3.21. The number of rotatable bonds is 6. The molecular weight excluding hydrogens is 284 g/mol. The van der Waals surface area contributed by atoms with Crippen LogP contribution in [0, 0.1) is 0 Å². The van der Waals surface area contributed by atoms with Crippen molar-refractivity contribution in [2.75, 3.05) is 7.05 Å². The fourth-order valence-electron chi connectivity index (χ4n) is 3.01. The minimum absolute atomic E-state index is 0.0960. The second kappa shape index (κ2) is 7.38. The lowest BCUT2D eigenvalue weighted by atomic mass is 9.96. The Balaban J connectivity index is 2.17. The first-order chi connectivity index (χ1) is 10.1.